The summed E-state index contributed by atoms with van der Waals surface area (Å²) in [6.45, 7) is 6.07. The largest absolute Gasteiger partial charge is 0.416 e. The molecule has 0 bridgehead atoms. The zero-order chi connectivity index (χ0) is 50.3. The number of carbonyl (C=O) groups is 1. The fraction of sp³-hybridized carbons (Fsp3) is 0.587. The lowest BCUT2D eigenvalue weighted by Crippen LogP contribution is -2.53. The molecular weight excluding hydrogens is 992 g/mol. The summed E-state index contributed by atoms with van der Waals surface area (Å²) >= 11 is 6.51. The summed E-state index contributed by atoms with van der Waals surface area (Å²) in [5.74, 6) is -0.0693. The van der Waals surface area contributed by atoms with Crippen molar-refractivity contribution in [3.05, 3.63) is 82.6 Å². The van der Waals surface area contributed by atoms with Gasteiger partial charge in [0, 0.05) is 124 Å². The van der Waals surface area contributed by atoms with Crippen LogP contribution in [0.3, 0.4) is 0 Å². The smallest absolute Gasteiger partial charge is 0.371 e. The number of likely N-dealkylation sites (tertiary alicyclic amines) is 2. The second-order valence-electron chi connectivity index (χ2n) is 19.5. The van der Waals surface area contributed by atoms with Crippen LogP contribution in [0.15, 0.2) is 60.9 Å². The van der Waals surface area contributed by atoms with Crippen molar-refractivity contribution in [2.24, 2.45) is 0 Å². The van der Waals surface area contributed by atoms with Gasteiger partial charge < -0.3 is 19.8 Å². The summed E-state index contributed by atoms with van der Waals surface area (Å²) in [5.41, 5.74) is 2.18. The lowest BCUT2D eigenvalue weighted by Gasteiger charge is -2.46. The van der Waals surface area contributed by atoms with Gasteiger partial charge in [-0.15, -0.1) is 5.10 Å². The first kappa shape index (κ1) is 51.2. The maximum Gasteiger partial charge on any atom is 0.416 e. The molecule has 5 aliphatic rings. The van der Waals surface area contributed by atoms with Crippen LogP contribution >= 0.6 is 11.6 Å². The predicted molar refractivity (Wildman–Crippen MR) is 262 cm³/mol. The van der Waals surface area contributed by atoms with Gasteiger partial charge in [-0.05, 0) is 99.4 Å². The quantitative estimate of drug-likeness (QED) is 0.128. The number of sulfonamides is 2. The lowest BCUT2D eigenvalue weighted by molar-refractivity contribution is -0.137. The van der Waals surface area contributed by atoms with E-state index in [1.165, 1.54) is 35.3 Å². The Balaban J connectivity index is 0.784. The number of anilines is 4. The minimum Gasteiger partial charge on any atom is -0.371 e. The van der Waals surface area contributed by atoms with E-state index in [9.17, 15) is 44.3 Å². The molecule has 2 atom stereocenters. The standard InChI is InChI=1S/C46H61ClF4N12O6S2/c1-70(66,67)54-41-11-20-63(52-41)44(65)59-26-24-56(25-27-59)30-34-28-36(47)7-8-39(34)61-17-2-4-38(61)32-71(68,69)55-42-12-21-62(53-42)43(64)58-22-14-45(15-23-58)13-3-16-60(45)31-33-5-6-35(46(49,50)51)29-40(33)57-18-9-37(48)10-19-57/h5-8,11-12,20-21,28-29,37-38,43,64H,2-4,9-10,13-19,22-27,30-32H2,1H3,(H,52,54)(H,53,55). The van der Waals surface area contributed by atoms with Crippen LogP contribution in [0.1, 0.15) is 74.4 Å². The molecule has 2 aromatic heterocycles. The minimum atomic E-state index is -4.50. The summed E-state index contributed by atoms with van der Waals surface area (Å²) in [7, 11) is -7.47. The van der Waals surface area contributed by atoms with Crippen LogP contribution in [0.25, 0.3) is 0 Å². The number of aliphatic hydroxyl groups is 1. The van der Waals surface area contributed by atoms with Gasteiger partial charge in [0.15, 0.2) is 11.6 Å². The third-order valence-electron chi connectivity index (χ3n) is 14.7. The Kier molecular flexibility index (Phi) is 14.9. The topological polar surface area (TPSA) is 185 Å². The summed E-state index contributed by atoms with van der Waals surface area (Å²) in [6, 6.07) is 11.7. The van der Waals surface area contributed by atoms with E-state index < -0.39 is 44.3 Å². The van der Waals surface area contributed by atoms with E-state index in [4.69, 9.17) is 11.6 Å². The fourth-order valence-corrected chi connectivity index (χ4v) is 13.1. The average molecular weight is 1050 g/mol. The first-order chi connectivity index (χ1) is 33.7. The van der Waals surface area contributed by atoms with Gasteiger partial charge in [-0.25, -0.2) is 30.7 Å². The van der Waals surface area contributed by atoms with Crippen molar-refractivity contribution in [3.63, 3.8) is 0 Å². The second-order valence-corrected chi connectivity index (χ2v) is 23.5. The summed E-state index contributed by atoms with van der Waals surface area (Å²) < 4.78 is 114. The van der Waals surface area contributed by atoms with E-state index in [-0.39, 0.29) is 47.8 Å². The van der Waals surface area contributed by atoms with Crippen molar-refractivity contribution in [3.8, 4) is 0 Å². The van der Waals surface area contributed by atoms with Gasteiger partial charge in [0.25, 0.3) is 0 Å². The van der Waals surface area contributed by atoms with Crippen LogP contribution in [0.2, 0.25) is 5.02 Å². The number of nitrogens with zero attached hydrogens (tertiary/aromatic N) is 10. The monoisotopic (exact) mass is 1050 g/mol. The molecule has 3 N–H and O–H groups in total. The van der Waals surface area contributed by atoms with Gasteiger partial charge in [0.2, 0.25) is 26.4 Å². The number of halogens is 5. The Bertz CT molecular complexity index is 2760. The number of piperazine rings is 1. The molecule has 1 spiro atoms. The fourth-order valence-electron chi connectivity index (χ4n) is 11.0. The number of nitrogens with one attached hydrogen (secondary N) is 2. The zero-order valence-electron chi connectivity index (χ0n) is 39.5. The van der Waals surface area contributed by atoms with Gasteiger partial charge >= 0.3 is 12.2 Å². The molecule has 71 heavy (non-hydrogen) atoms. The van der Waals surface area contributed by atoms with Crippen LogP contribution in [0, 0.1) is 0 Å². The molecule has 388 valence electrons. The Morgan fingerprint density at radius 1 is 0.803 bits per heavy atom. The third-order valence-corrected chi connectivity index (χ3v) is 16.9. The number of benzene rings is 2. The Morgan fingerprint density at radius 2 is 1.52 bits per heavy atom. The normalized spacial score (nSPS) is 21.6. The molecule has 7 heterocycles. The summed E-state index contributed by atoms with van der Waals surface area (Å²) in [5, 5.41) is 20.5. The summed E-state index contributed by atoms with van der Waals surface area (Å²) in [6.07, 6.45) is 2.60. The lowest BCUT2D eigenvalue weighted by atomic mass is 9.84. The maximum atomic E-state index is 14.0. The molecule has 0 radical (unpaired) electrons. The third kappa shape index (κ3) is 12.1. The van der Waals surface area contributed by atoms with E-state index in [0.717, 1.165) is 59.6 Å². The van der Waals surface area contributed by atoms with E-state index in [2.05, 4.69) is 34.3 Å². The van der Waals surface area contributed by atoms with E-state index in [1.807, 2.05) is 21.9 Å². The van der Waals surface area contributed by atoms with Gasteiger partial charge in [0.1, 0.15) is 6.17 Å². The molecular formula is C46H61ClF4N12O6S2. The van der Waals surface area contributed by atoms with E-state index in [0.29, 0.717) is 102 Å². The average Bonchev–Trinajstić information content (AvgIpc) is 4.15. The Hall–Kier alpha value is -4.72. The van der Waals surface area contributed by atoms with Crippen LogP contribution in [-0.4, -0.2) is 162 Å². The zero-order valence-corrected chi connectivity index (χ0v) is 41.9. The molecule has 25 heteroatoms. The van der Waals surface area contributed by atoms with Crippen molar-refractivity contribution in [2.75, 3.05) is 96.7 Å². The number of rotatable bonds is 14. The van der Waals surface area contributed by atoms with Gasteiger partial charge in [-0.2, -0.15) is 23.0 Å². The SMILES string of the molecule is CS(=O)(=O)Nc1ccn(C(=O)N2CCN(Cc3cc(Cl)ccc3N3CCCC3CS(=O)(=O)Nc3ccn(C(O)N4CCC5(CCCN5Cc5ccc(C(F)(F)F)cc5N5CCC(F)CC5)CC4)n3)CC2)n1. The highest BCUT2D eigenvalue weighted by Gasteiger charge is 2.45. The number of amides is 1. The molecule has 5 aliphatic heterocycles. The number of alkyl halides is 4. The molecule has 9 rings (SSSR count). The van der Waals surface area contributed by atoms with Gasteiger partial charge in [0.05, 0.1) is 17.6 Å². The van der Waals surface area contributed by atoms with Crippen molar-refractivity contribution < 1.29 is 44.3 Å². The van der Waals surface area contributed by atoms with E-state index in [1.54, 1.807) is 17.0 Å². The molecule has 18 nitrogen and oxygen atoms in total. The minimum absolute atomic E-state index is 0.0510. The molecule has 2 aromatic carbocycles. The number of aliphatic hydroxyl groups excluding tert-OH is 1. The molecule has 2 unspecified atom stereocenters. The van der Waals surface area contributed by atoms with Crippen LogP contribution in [-0.2, 0) is 39.3 Å². The van der Waals surface area contributed by atoms with Crippen LogP contribution in [0.5, 0.6) is 0 Å². The number of piperidine rings is 2. The van der Waals surface area contributed by atoms with Crippen molar-refractivity contribution in [1.29, 1.82) is 0 Å². The first-order valence-electron chi connectivity index (χ1n) is 24.1. The number of hydrogen-bond donors (Lipinski definition) is 3. The highest BCUT2D eigenvalue weighted by atomic mass is 35.5. The molecule has 0 saturated carbocycles. The van der Waals surface area contributed by atoms with Gasteiger partial charge in [-0.1, -0.05) is 17.7 Å². The van der Waals surface area contributed by atoms with Crippen molar-refractivity contribution >= 4 is 60.7 Å². The van der Waals surface area contributed by atoms with E-state index >= 15 is 0 Å². The summed E-state index contributed by atoms with van der Waals surface area (Å²) in [4.78, 5) is 25.2. The Morgan fingerprint density at radius 3 is 2.24 bits per heavy atom. The van der Waals surface area contributed by atoms with Crippen molar-refractivity contribution in [1.82, 2.24) is 39.2 Å². The molecule has 4 aromatic rings. The number of carbonyl (C=O) groups excluding carboxylic acids is 1. The second kappa shape index (κ2) is 20.7. The molecule has 0 aliphatic carbocycles. The maximum absolute atomic E-state index is 14.0. The van der Waals surface area contributed by atoms with Crippen LogP contribution in [0.4, 0.5) is 45.4 Å². The van der Waals surface area contributed by atoms with Gasteiger partial charge in [-0.3, -0.25) is 24.1 Å². The predicted octanol–water partition coefficient (Wildman–Crippen LogP) is 5.84. The van der Waals surface area contributed by atoms with Crippen molar-refractivity contribution in [2.45, 2.75) is 94.7 Å². The number of aromatic nitrogens is 4. The van der Waals surface area contributed by atoms with Crippen LogP contribution < -0.4 is 19.2 Å². The Labute approximate surface area is 416 Å². The first-order valence-corrected chi connectivity index (χ1v) is 28.1. The molecule has 1 amide bonds. The number of hydrogen-bond acceptors (Lipinski definition) is 13. The molecule has 5 saturated heterocycles. The highest BCUT2D eigenvalue weighted by molar-refractivity contribution is 7.92. The molecule has 5 fully saturated rings. The highest BCUT2D eigenvalue weighted by Crippen LogP contribution is 2.43.